The number of rotatable bonds is 2. The third-order valence-electron chi connectivity index (χ3n) is 3.14. The summed E-state index contributed by atoms with van der Waals surface area (Å²) in [6, 6.07) is 1.24. The smallest absolute Gasteiger partial charge is 0.208 e. The molecule has 0 unspecified atom stereocenters. The Hall–Kier alpha value is -0.660. The molecule has 1 heterocycles. The van der Waals surface area contributed by atoms with E-state index in [9.17, 15) is 0 Å². The van der Waals surface area contributed by atoms with Gasteiger partial charge in [-0.25, -0.2) is 0 Å². The topological polar surface area (TPSA) is 6.48 Å². The molecular formula is C12H20N2. The predicted octanol–water partition coefficient (Wildman–Crippen LogP) is 2.81. The molecule has 1 fully saturated rings. The fourth-order valence-electron chi connectivity index (χ4n) is 2.19. The zero-order chi connectivity index (χ0) is 9.97. The summed E-state index contributed by atoms with van der Waals surface area (Å²) in [4.78, 5) is 4.44. The largest absolute Gasteiger partial charge is 0.344 e. The Morgan fingerprint density at radius 1 is 1.14 bits per heavy atom. The quantitative estimate of drug-likeness (QED) is 0.664. The van der Waals surface area contributed by atoms with E-state index in [2.05, 4.69) is 42.7 Å². The highest BCUT2D eigenvalue weighted by molar-refractivity contribution is 5.01. The Morgan fingerprint density at radius 3 is 2.43 bits per heavy atom. The highest BCUT2D eigenvalue weighted by atomic mass is 15.4. The first-order valence-corrected chi connectivity index (χ1v) is 5.78. The van der Waals surface area contributed by atoms with Crippen LogP contribution in [0.4, 0.5) is 0 Å². The first kappa shape index (κ1) is 9.88. The Balaban J connectivity index is 1.86. The maximum atomic E-state index is 3.42. The average molecular weight is 192 g/mol. The molecule has 2 heteroatoms. The van der Waals surface area contributed by atoms with E-state index >= 15 is 0 Å². The maximum Gasteiger partial charge on any atom is 0.208 e. The normalized spacial score (nSPS) is 23.9. The fraction of sp³-hybridized carbons (Fsp3) is 0.750. The standard InChI is InChI=1S/C12H20N2/c1-11(2)13-8-9-14(10-13)12-6-4-3-5-7-12/h8-9,11-12H,3-7H2,1-2H3. The molecule has 2 radical (unpaired) electrons. The molecule has 14 heavy (non-hydrogen) atoms. The molecule has 1 aliphatic heterocycles. The minimum atomic E-state index is 0.528. The van der Waals surface area contributed by atoms with Crippen molar-refractivity contribution in [3.63, 3.8) is 0 Å². The lowest BCUT2D eigenvalue weighted by atomic mass is 9.95. The minimum Gasteiger partial charge on any atom is -0.344 e. The third-order valence-corrected chi connectivity index (χ3v) is 3.14. The SMILES string of the molecule is CC(C)N1[C]N(C2CCCCC2)C=C1. The van der Waals surface area contributed by atoms with Gasteiger partial charge in [-0.3, -0.25) is 0 Å². The van der Waals surface area contributed by atoms with Crippen LogP contribution in [0.15, 0.2) is 12.4 Å². The molecule has 0 aromatic carbocycles. The molecule has 0 aromatic heterocycles. The molecule has 0 saturated heterocycles. The first-order valence-electron chi connectivity index (χ1n) is 5.78. The molecule has 1 aliphatic carbocycles. The van der Waals surface area contributed by atoms with Crippen LogP contribution < -0.4 is 0 Å². The molecular weight excluding hydrogens is 172 g/mol. The second-order valence-electron chi connectivity index (χ2n) is 4.60. The van der Waals surface area contributed by atoms with Crippen LogP contribution in [0.1, 0.15) is 46.0 Å². The number of hydrogen-bond donors (Lipinski definition) is 0. The van der Waals surface area contributed by atoms with E-state index < -0.39 is 0 Å². The van der Waals surface area contributed by atoms with Gasteiger partial charge in [0.05, 0.1) is 0 Å². The van der Waals surface area contributed by atoms with Crippen LogP contribution in [0, 0.1) is 6.67 Å². The molecule has 2 nitrogen and oxygen atoms in total. The zero-order valence-corrected chi connectivity index (χ0v) is 9.24. The second-order valence-corrected chi connectivity index (χ2v) is 4.60. The van der Waals surface area contributed by atoms with Gasteiger partial charge in [0.15, 0.2) is 0 Å². The van der Waals surface area contributed by atoms with Crippen molar-refractivity contribution in [1.82, 2.24) is 9.80 Å². The van der Waals surface area contributed by atoms with E-state index in [1.807, 2.05) is 0 Å². The fourth-order valence-corrected chi connectivity index (χ4v) is 2.19. The van der Waals surface area contributed by atoms with E-state index in [1.165, 1.54) is 32.1 Å². The van der Waals surface area contributed by atoms with Crippen LogP contribution in [-0.2, 0) is 0 Å². The van der Waals surface area contributed by atoms with Gasteiger partial charge in [0.25, 0.3) is 0 Å². The van der Waals surface area contributed by atoms with Crippen LogP contribution in [0.3, 0.4) is 0 Å². The third kappa shape index (κ3) is 2.05. The van der Waals surface area contributed by atoms with Gasteiger partial charge in [0, 0.05) is 24.5 Å². The highest BCUT2D eigenvalue weighted by Gasteiger charge is 2.25. The van der Waals surface area contributed by atoms with E-state index in [1.54, 1.807) is 0 Å². The summed E-state index contributed by atoms with van der Waals surface area (Å²) >= 11 is 0. The van der Waals surface area contributed by atoms with E-state index in [0.717, 1.165) is 0 Å². The Labute approximate surface area is 87.6 Å². The summed E-state index contributed by atoms with van der Waals surface area (Å²) < 4.78 is 0. The molecule has 1 saturated carbocycles. The van der Waals surface area contributed by atoms with Gasteiger partial charge in [-0.1, -0.05) is 19.3 Å². The van der Waals surface area contributed by atoms with Crippen molar-refractivity contribution < 1.29 is 0 Å². The lowest BCUT2D eigenvalue weighted by molar-refractivity contribution is 0.213. The Morgan fingerprint density at radius 2 is 1.86 bits per heavy atom. The predicted molar refractivity (Wildman–Crippen MR) is 58.1 cm³/mol. The van der Waals surface area contributed by atoms with E-state index in [4.69, 9.17) is 0 Å². The minimum absolute atomic E-state index is 0.528. The molecule has 0 amide bonds. The van der Waals surface area contributed by atoms with Gasteiger partial charge in [0.1, 0.15) is 0 Å². The molecule has 0 N–H and O–H groups in total. The van der Waals surface area contributed by atoms with Crippen molar-refractivity contribution in [3.8, 4) is 0 Å². The molecule has 0 aromatic rings. The molecule has 0 atom stereocenters. The van der Waals surface area contributed by atoms with Crippen LogP contribution in [0.2, 0.25) is 0 Å². The van der Waals surface area contributed by atoms with Crippen LogP contribution in [0.5, 0.6) is 0 Å². The van der Waals surface area contributed by atoms with Gasteiger partial charge in [-0.2, -0.15) is 0 Å². The first-order chi connectivity index (χ1) is 6.77. The lowest BCUT2D eigenvalue weighted by Gasteiger charge is -2.31. The molecule has 78 valence electrons. The van der Waals surface area contributed by atoms with E-state index in [-0.39, 0.29) is 0 Å². The summed E-state index contributed by atoms with van der Waals surface area (Å²) in [5.74, 6) is 0. The number of nitrogens with zero attached hydrogens (tertiary/aromatic N) is 2. The van der Waals surface area contributed by atoms with Gasteiger partial charge in [-0.05, 0) is 26.7 Å². The van der Waals surface area contributed by atoms with Crippen molar-refractivity contribution in [1.29, 1.82) is 0 Å². The van der Waals surface area contributed by atoms with Crippen molar-refractivity contribution in [2.24, 2.45) is 0 Å². The van der Waals surface area contributed by atoms with Crippen molar-refractivity contribution >= 4 is 0 Å². The van der Waals surface area contributed by atoms with Gasteiger partial charge in [0.2, 0.25) is 6.67 Å². The van der Waals surface area contributed by atoms with Crippen molar-refractivity contribution in [3.05, 3.63) is 19.1 Å². The summed E-state index contributed by atoms with van der Waals surface area (Å²) in [5.41, 5.74) is 0. The van der Waals surface area contributed by atoms with Crippen molar-refractivity contribution in [2.45, 2.75) is 58.0 Å². The summed E-state index contributed by atoms with van der Waals surface area (Å²) in [6.07, 6.45) is 11.2. The summed E-state index contributed by atoms with van der Waals surface area (Å²) in [6.45, 7) is 7.81. The van der Waals surface area contributed by atoms with Gasteiger partial charge in [-0.15, -0.1) is 0 Å². The Bertz CT molecular complexity index is 204. The highest BCUT2D eigenvalue weighted by Crippen LogP contribution is 2.27. The average Bonchev–Trinajstić information content (AvgIpc) is 2.68. The molecule has 0 spiro atoms. The van der Waals surface area contributed by atoms with Crippen LogP contribution >= 0.6 is 0 Å². The monoisotopic (exact) mass is 192 g/mol. The molecule has 0 bridgehead atoms. The molecule has 2 rings (SSSR count). The zero-order valence-electron chi connectivity index (χ0n) is 9.24. The van der Waals surface area contributed by atoms with Gasteiger partial charge >= 0.3 is 0 Å². The van der Waals surface area contributed by atoms with Crippen LogP contribution in [-0.4, -0.2) is 21.9 Å². The number of hydrogen-bond acceptors (Lipinski definition) is 2. The van der Waals surface area contributed by atoms with E-state index in [0.29, 0.717) is 12.1 Å². The van der Waals surface area contributed by atoms with Crippen LogP contribution in [0.25, 0.3) is 0 Å². The maximum absolute atomic E-state index is 3.42. The second kappa shape index (κ2) is 4.24. The summed E-state index contributed by atoms with van der Waals surface area (Å²) in [7, 11) is 0. The molecule has 2 aliphatic rings. The Kier molecular flexibility index (Phi) is 2.99. The lowest BCUT2D eigenvalue weighted by Crippen LogP contribution is -2.33. The summed E-state index contributed by atoms with van der Waals surface area (Å²) in [5, 5.41) is 0. The van der Waals surface area contributed by atoms with Gasteiger partial charge < -0.3 is 9.80 Å². The van der Waals surface area contributed by atoms with Crippen molar-refractivity contribution in [2.75, 3.05) is 0 Å².